The van der Waals surface area contributed by atoms with E-state index >= 15 is 0 Å². The van der Waals surface area contributed by atoms with Crippen molar-refractivity contribution in [3.63, 3.8) is 0 Å². The lowest BCUT2D eigenvalue weighted by atomic mass is 10.0. The fourth-order valence-electron chi connectivity index (χ4n) is 3.06. The molecule has 3 rings (SSSR count). The molecule has 1 aliphatic rings. The van der Waals surface area contributed by atoms with Crippen LogP contribution in [0.5, 0.6) is 0 Å². The summed E-state index contributed by atoms with van der Waals surface area (Å²) in [5, 5.41) is 6.05. The zero-order valence-corrected chi connectivity index (χ0v) is 13.3. The number of fused-ring (bicyclic) bond motifs is 1. The first kappa shape index (κ1) is 15.3. The zero-order chi connectivity index (χ0) is 15.2. The molecule has 4 heteroatoms. The Morgan fingerprint density at radius 3 is 2.86 bits per heavy atom. The summed E-state index contributed by atoms with van der Waals surface area (Å²) in [6.07, 6.45) is 4.09. The van der Waals surface area contributed by atoms with Crippen LogP contribution in [0.15, 0.2) is 30.5 Å². The van der Waals surface area contributed by atoms with Crippen molar-refractivity contribution in [2.24, 2.45) is 0 Å². The standard InChI is InChI=1S/C18H25N3O/c1-2-15-5-3-6-17-16(15)7-9-20-18(17)19-8-4-10-21-11-13-22-14-12-21/h3,5-7,9H,2,4,8,10-14H2,1H3,(H,19,20). The van der Waals surface area contributed by atoms with Crippen LogP contribution >= 0.6 is 0 Å². The molecule has 4 nitrogen and oxygen atoms in total. The largest absolute Gasteiger partial charge is 0.379 e. The maximum Gasteiger partial charge on any atom is 0.133 e. The van der Waals surface area contributed by atoms with E-state index < -0.39 is 0 Å². The molecule has 118 valence electrons. The third kappa shape index (κ3) is 3.57. The highest BCUT2D eigenvalue weighted by Gasteiger charge is 2.09. The molecule has 0 aliphatic carbocycles. The van der Waals surface area contributed by atoms with E-state index in [2.05, 4.69) is 46.4 Å². The number of pyridine rings is 1. The fraction of sp³-hybridized carbons (Fsp3) is 0.500. The van der Waals surface area contributed by atoms with Crippen molar-refractivity contribution in [1.29, 1.82) is 0 Å². The first-order chi connectivity index (χ1) is 10.9. The van der Waals surface area contributed by atoms with Gasteiger partial charge < -0.3 is 10.1 Å². The molecule has 1 aromatic heterocycles. The molecule has 1 aromatic carbocycles. The van der Waals surface area contributed by atoms with Gasteiger partial charge in [-0.25, -0.2) is 4.98 Å². The highest BCUT2D eigenvalue weighted by atomic mass is 16.5. The van der Waals surface area contributed by atoms with E-state index in [1.54, 1.807) is 0 Å². The van der Waals surface area contributed by atoms with Gasteiger partial charge in [0, 0.05) is 31.2 Å². The van der Waals surface area contributed by atoms with E-state index in [1.807, 2.05) is 6.20 Å². The minimum Gasteiger partial charge on any atom is -0.379 e. The lowest BCUT2D eigenvalue weighted by molar-refractivity contribution is 0.0378. The second kappa shape index (κ2) is 7.56. The molecule has 2 heterocycles. The number of hydrogen-bond donors (Lipinski definition) is 1. The van der Waals surface area contributed by atoms with E-state index in [0.717, 1.165) is 58.1 Å². The van der Waals surface area contributed by atoms with Crippen LogP contribution in [-0.2, 0) is 11.2 Å². The average molecular weight is 299 g/mol. The number of nitrogens with one attached hydrogen (secondary N) is 1. The topological polar surface area (TPSA) is 37.4 Å². The fourth-order valence-corrected chi connectivity index (χ4v) is 3.06. The summed E-state index contributed by atoms with van der Waals surface area (Å²) in [5.74, 6) is 1.01. The number of ether oxygens (including phenoxy) is 1. The molecule has 0 spiro atoms. The Morgan fingerprint density at radius 2 is 2.05 bits per heavy atom. The first-order valence-corrected chi connectivity index (χ1v) is 8.29. The minimum absolute atomic E-state index is 0.873. The number of benzene rings is 1. The molecule has 0 unspecified atom stereocenters. The van der Waals surface area contributed by atoms with Crippen LogP contribution < -0.4 is 5.32 Å². The summed E-state index contributed by atoms with van der Waals surface area (Å²) >= 11 is 0. The Balaban J connectivity index is 1.59. The minimum atomic E-state index is 0.873. The van der Waals surface area contributed by atoms with Gasteiger partial charge >= 0.3 is 0 Å². The molecule has 1 aliphatic heterocycles. The number of aromatic nitrogens is 1. The first-order valence-electron chi connectivity index (χ1n) is 8.29. The number of anilines is 1. The molecule has 1 N–H and O–H groups in total. The lowest BCUT2D eigenvalue weighted by Gasteiger charge is -2.26. The van der Waals surface area contributed by atoms with Crippen LogP contribution in [0, 0.1) is 0 Å². The summed E-state index contributed by atoms with van der Waals surface area (Å²) in [4.78, 5) is 6.99. The molecule has 0 atom stereocenters. The van der Waals surface area contributed by atoms with Crippen LogP contribution in [-0.4, -0.2) is 49.3 Å². The normalized spacial score (nSPS) is 16.0. The Hall–Kier alpha value is -1.65. The van der Waals surface area contributed by atoms with Crippen LogP contribution in [0.25, 0.3) is 10.8 Å². The van der Waals surface area contributed by atoms with Gasteiger partial charge in [0.2, 0.25) is 0 Å². The van der Waals surface area contributed by atoms with Crippen LogP contribution in [0.2, 0.25) is 0 Å². The van der Waals surface area contributed by atoms with Crippen molar-refractivity contribution in [2.45, 2.75) is 19.8 Å². The van der Waals surface area contributed by atoms with Crippen LogP contribution in [0.4, 0.5) is 5.82 Å². The van der Waals surface area contributed by atoms with Crippen molar-refractivity contribution in [1.82, 2.24) is 9.88 Å². The summed E-state index contributed by atoms with van der Waals surface area (Å²) in [7, 11) is 0. The van der Waals surface area contributed by atoms with Crippen molar-refractivity contribution < 1.29 is 4.74 Å². The second-order valence-corrected chi connectivity index (χ2v) is 5.76. The van der Waals surface area contributed by atoms with Gasteiger partial charge in [0.25, 0.3) is 0 Å². The Labute approximate surface area is 132 Å². The molecule has 0 bridgehead atoms. The number of rotatable bonds is 6. The Morgan fingerprint density at radius 1 is 1.18 bits per heavy atom. The van der Waals surface area contributed by atoms with E-state index in [1.165, 1.54) is 16.3 Å². The van der Waals surface area contributed by atoms with Gasteiger partial charge in [0.15, 0.2) is 0 Å². The maximum atomic E-state index is 5.38. The summed E-state index contributed by atoms with van der Waals surface area (Å²) in [5.41, 5.74) is 1.39. The van der Waals surface area contributed by atoms with Gasteiger partial charge in [-0.3, -0.25) is 4.90 Å². The number of aryl methyl sites for hydroxylation is 1. The Kier molecular flexibility index (Phi) is 5.24. The van der Waals surface area contributed by atoms with Gasteiger partial charge in [-0.2, -0.15) is 0 Å². The van der Waals surface area contributed by atoms with Crippen LogP contribution in [0.3, 0.4) is 0 Å². The third-order valence-corrected chi connectivity index (χ3v) is 4.32. The summed E-state index contributed by atoms with van der Waals surface area (Å²) < 4.78 is 5.38. The second-order valence-electron chi connectivity index (χ2n) is 5.76. The number of morpholine rings is 1. The highest BCUT2D eigenvalue weighted by molar-refractivity contribution is 5.93. The maximum absolute atomic E-state index is 5.38. The van der Waals surface area contributed by atoms with E-state index in [-0.39, 0.29) is 0 Å². The predicted octanol–water partition coefficient (Wildman–Crippen LogP) is 2.93. The lowest BCUT2D eigenvalue weighted by Crippen LogP contribution is -2.37. The van der Waals surface area contributed by atoms with Crippen molar-refractivity contribution in [2.75, 3.05) is 44.7 Å². The number of nitrogens with zero attached hydrogens (tertiary/aromatic N) is 2. The van der Waals surface area contributed by atoms with Gasteiger partial charge in [-0.05, 0) is 36.4 Å². The van der Waals surface area contributed by atoms with Crippen molar-refractivity contribution in [3.8, 4) is 0 Å². The van der Waals surface area contributed by atoms with Crippen LogP contribution in [0.1, 0.15) is 18.9 Å². The van der Waals surface area contributed by atoms with E-state index in [9.17, 15) is 0 Å². The molecular formula is C18H25N3O. The predicted molar refractivity (Wildman–Crippen MR) is 91.5 cm³/mol. The smallest absolute Gasteiger partial charge is 0.133 e. The third-order valence-electron chi connectivity index (χ3n) is 4.32. The van der Waals surface area contributed by atoms with Gasteiger partial charge in [0.1, 0.15) is 5.82 Å². The molecule has 1 fully saturated rings. The molecule has 1 saturated heterocycles. The summed E-state index contributed by atoms with van der Waals surface area (Å²) in [6, 6.07) is 8.60. The Bertz CT molecular complexity index is 608. The summed E-state index contributed by atoms with van der Waals surface area (Å²) in [6.45, 7) is 8.15. The van der Waals surface area contributed by atoms with Gasteiger partial charge in [-0.15, -0.1) is 0 Å². The highest BCUT2D eigenvalue weighted by Crippen LogP contribution is 2.24. The number of hydrogen-bond acceptors (Lipinski definition) is 4. The quantitative estimate of drug-likeness (QED) is 0.832. The molecule has 2 aromatic rings. The molecule has 0 saturated carbocycles. The van der Waals surface area contributed by atoms with Gasteiger partial charge in [-0.1, -0.05) is 25.1 Å². The monoisotopic (exact) mass is 299 g/mol. The van der Waals surface area contributed by atoms with Gasteiger partial charge in [0.05, 0.1) is 13.2 Å². The van der Waals surface area contributed by atoms with Crippen molar-refractivity contribution in [3.05, 3.63) is 36.0 Å². The van der Waals surface area contributed by atoms with E-state index in [0.29, 0.717) is 0 Å². The molecule has 22 heavy (non-hydrogen) atoms. The molecule has 0 radical (unpaired) electrons. The molecule has 0 amide bonds. The van der Waals surface area contributed by atoms with Crippen molar-refractivity contribution >= 4 is 16.6 Å². The SMILES string of the molecule is CCc1cccc2c(NCCCN3CCOCC3)nccc12. The zero-order valence-electron chi connectivity index (χ0n) is 13.3. The molecular weight excluding hydrogens is 274 g/mol. The van der Waals surface area contributed by atoms with E-state index in [4.69, 9.17) is 4.74 Å². The average Bonchev–Trinajstić information content (AvgIpc) is 2.59.